The number of hydrogen-bond donors (Lipinski definition) is 0. The highest BCUT2D eigenvalue weighted by molar-refractivity contribution is 5.87. The number of carbonyl (C=O) groups is 2. The molecule has 0 bridgehead atoms. The summed E-state index contributed by atoms with van der Waals surface area (Å²) in [6.45, 7) is 1.68. The van der Waals surface area contributed by atoms with Crippen LogP contribution in [0.3, 0.4) is 0 Å². The predicted octanol–water partition coefficient (Wildman–Crippen LogP) is 1.31. The molecule has 21 heavy (non-hydrogen) atoms. The minimum absolute atomic E-state index is 0.0256. The van der Waals surface area contributed by atoms with Gasteiger partial charge < -0.3 is 14.2 Å². The Morgan fingerprint density at radius 2 is 2.33 bits per heavy atom. The number of fused-ring (bicyclic) bond motifs is 2. The molecular weight excluding hydrogens is 268 g/mol. The van der Waals surface area contributed by atoms with Gasteiger partial charge in [0.15, 0.2) is 0 Å². The molecule has 0 radical (unpaired) electrons. The molecule has 0 unspecified atom stereocenters. The summed E-state index contributed by atoms with van der Waals surface area (Å²) in [5.41, 5.74) is 0.352. The molecule has 4 rings (SSSR count). The van der Waals surface area contributed by atoms with Crippen molar-refractivity contribution in [2.45, 2.75) is 43.7 Å². The van der Waals surface area contributed by atoms with E-state index in [-0.39, 0.29) is 17.9 Å². The first kappa shape index (κ1) is 12.9. The fourth-order valence-electron chi connectivity index (χ4n) is 4.84. The summed E-state index contributed by atoms with van der Waals surface area (Å²) in [5, 5.41) is 0. The summed E-state index contributed by atoms with van der Waals surface area (Å²) < 4.78 is 7.38. The Morgan fingerprint density at radius 3 is 3.14 bits per heavy atom. The molecule has 0 saturated carbocycles. The zero-order valence-electron chi connectivity index (χ0n) is 12.2. The van der Waals surface area contributed by atoms with E-state index in [1.54, 1.807) is 0 Å². The van der Waals surface area contributed by atoms with E-state index < -0.39 is 5.41 Å². The number of aromatic nitrogens is 1. The summed E-state index contributed by atoms with van der Waals surface area (Å²) in [6.07, 6.45) is 5.15. The Hall–Kier alpha value is -1.78. The summed E-state index contributed by atoms with van der Waals surface area (Å²) in [5.74, 6) is 0.364. The molecule has 0 N–H and O–H groups in total. The van der Waals surface area contributed by atoms with Crippen LogP contribution in [0.1, 0.15) is 31.4 Å². The number of methoxy groups -OCH3 is 1. The maximum absolute atomic E-state index is 12.7. The fourth-order valence-corrected chi connectivity index (χ4v) is 4.84. The molecule has 3 aliphatic heterocycles. The van der Waals surface area contributed by atoms with Crippen LogP contribution < -0.4 is 0 Å². The fraction of sp³-hybridized carbons (Fsp3) is 0.625. The van der Waals surface area contributed by atoms with E-state index >= 15 is 0 Å². The van der Waals surface area contributed by atoms with Crippen LogP contribution in [-0.4, -0.2) is 41.0 Å². The van der Waals surface area contributed by atoms with Gasteiger partial charge in [-0.05, 0) is 37.3 Å². The predicted molar refractivity (Wildman–Crippen MR) is 75.6 cm³/mol. The minimum Gasteiger partial charge on any atom is -0.468 e. The van der Waals surface area contributed by atoms with Gasteiger partial charge in [-0.15, -0.1) is 0 Å². The summed E-state index contributed by atoms with van der Waals surface area (Å²) >= 11 is 0. The Bertz CT molecular complexity index is 608. The number of ether oxygens (including phenoxy) is 1. The Kier molecular flexibility index (Phi) is 2.68. The van der Waals surface area contributed by atoms with Gasteiger partial charge in [0.1, 0.15) is 5.41 Å². The average molecular weight is 288 g/mol. The van der Waals surface area contributed by atoms with Crippen molar-refractivity contribution in [1.29, 1.82) is 0 Å². The lowest BCUT2D eigenvalue weighted by atomic mass is 9.62. The molecule has 3 aliphatic rings. The van der Waals surface area contributed by atoms with Crippen molar-refractivity contribution in [2.75, 3.05) is 13.7 Å². The van der Waals surface area contributed by atoms with Gasteiger partial charge >= 0.3 is 5.97 Å². The second kappa shape index (κ2) is 4.36. The van der Waals surface area contributed by atoms with E-state index in [1.807, 2.05) is 23.2 Å². The summed E-state index contributed by atoms with van der Waals surface area (Å²) in [7, 11) is 1.46. The second-order valence-corrected chi connectivity index (χ2v) is 6.44. The monoisotopic (exact) mass is 288 g/mol. The maximum Gasteiger partial charge on any atom is 0.319 e. The van der Waals surface area contributed by atoms with Crippen LogP contribution in [0.25, 0.3) is 0 Å². The summed E-state index contributed by atoms with van der Waals surface area (Å²) in [4.78, 5) is 27.0. The van der Waals surface area contributed by atoms with Crippen LogP contribution in [0, 0.1) is 5.92 Å². The van der Waals surface area contributed by atoms with Crippen LogP contribution in [0.4, 0.5) is 0 Å². The first-order chi connectivity index (χ1) is 10.2. The van der Waals surface area contributed by atoms with Crippen LogP contribution >= 0.6 is 0 Å². The number of piperidine rings is 2. The Balaban J connectivity index is 1.93. The van der Waals surface area contributed by atoms with Crippen molar-refractivity contribution >= 4 is 11.9 Å². The highest BCUT2D eigenvalue weighted by atomic mass is 16.5. The van der Waals surface area contributed by atoms with Crippen LogP contribution in [0.5, 0.6) is 0 Å². The van der Waals surface area contributed by atoms with E-state index in [0.29, 0.717) is 12.3 Å². The van der Waals surface area contributed by atoms with Gasteiger partial charge in [0.25, 0.3) is 0 Å². The average Bonchev–Trinajstić information content (AvgIpc) is 2.98. The highest BCUT2D eigenvalue weighted by Crippen LogP contribution is 2.49. The smallest absolute Gasteiger partial charge is 0.319 e. The van der Waals surface area contributed by atoms with Crippen molar-refractivity contribution in [2.24, 2.45) is 5.92 Å². The third-order valence-electron chi connectivity index (χ3n) is 5.57. The van der Waals surface area contributed by atoms with Crippen molar-refractivity contribution < 1.29 is 14.3 Å². The minimum atomic E-state index is -0.671. The zero-order chi connectivity index (χ0) is 14.6. The molecule has 1 aromatic rings. The van der Waals surface area contributed by atoms with Crippen LogP contribution in [0.2, 0.25) is 0 Å². The first-order valence-corrected chi connectivity index (χ1v) is 7.72. The molecule has 0 spiro atoms. The molecule has 1 aromatic heterocycles. The molecule has 0 aromatic carbocycles. The van der Waals surface area contributed by atoms with Gasteiger partial charge in [0.2, 0.25) is 5.91 Å². The second-order valence-electron chi connectivity index (χ2n) is 6.44. The molecule has 2 fully saturated rings. The lowest BCUT2D eigenvalue weighted by Gasteiger charge is -2.56. The van der Waals surface area contributed by atoms with Crippen molar-refractivity contribution in [3.63, 3.8) is 0 Å². The first-order valence-electron chi connectivity index (χ1n) is 7.72. The van der Waals surface area contributed by atoms with Gasteiger partial charge in [-0.25, -0.2) is 0 Å². The molecule has 1 amide bonds. The molecule has 3 atom stereocenters. The van der Waals surface area contributed by atoms with Gasteiger partial charge in [0.05, 0.1) is 13.2 Å². The normalized spacial score (nSPS) is 34.1. The van der Waals surface area contributed by atoms with Gasteiger partial charge in [-0.1, -0.05) is 0 Å². The van der Waals surface area contributed by atoms with Crippen LogP contribution in [0.15, 0.2) is 18.3 Å². The van der Waals surface area contributed by atoms with Gasteiger partial charge in [-0.3, -0.25) is 9.59 Å². The van der Waals surface area contributed by atoms with E-state index in [2.05, 4.69) is 4.57 Å². The SMILES string of the molecule is COC(=O)[C@@]12CCCN3C(=O)CC[C@@H](Cn4cccc41)[C@H]32. The lowest BCUT2D eigenvalue weighted by Crippen LogP contribution is -2.68. The highest BCUT2D eigenvalue weighted by Gasteiger charge is 2.60. The molecule has 2 saturated heterocycles. The summed E-state index contributed by atoms with van der Waals surface area (Å²) in [6, 6.07) is 4.00. The van der Waals surface area contributed by atoms with E-state index in [0.717, 1.165) is 38.0 Å². The number of carbonyl (C=O) groups excluding carboxylic acids is 2. The maximum atomic E-state index is 12.7. The van der Waals surface area contributed by atoms with Crippen LogP contribution in [-0.2, 0) is 26.3 Å². The third-order valence-corrected chi connectivity index (χ3v) is 5.57. The Labute approximate surface area is 123 Å². The molecule has 0 aliphatic carbocycles. The van der Waals surface area contributed by atoms with E-state index in [9.17, 15) is 9.59 Å². The molecule has 5 nitrogen and oxygen atoms in total. The van der Waals surface area contributed by atoms with E-state index in [1.165, 1.54) is 7.11 Å². The largest absolute Gasteiger partial charge is 0.468 e. The number of amides is 1. The van der Waals surface area contributed by atoms with Crippen molar-refractivity contribution in [3.05, 3.63) is 24.0 Å². The zero-order valence-corrected chi connectivity index (χ0v) is 12.2. The molecule has 4 heterocycles. The molecular formula is C16H20N2O3. The van der Waals surface area contributed by atoms with Gasteiger partial charge in [0, 0.05) is 31.4 Å². The number of rotatable bonds is 1. The standard InChI is InChI=1S/C16H20N2O3/c1-21-15(20)16-7-3-9-18-13(19)6-5-11(14(16)18)10-17-8-2-4-12(16)17/h2,4,8,11,14H,3,5-7,9-10H2,1H3/t11-,14-,16-/m0/s1. The molecule has 5 heteroatoms. The number of esters is 1. The molecule has 112 valence electrons. The Morgan fingerprint density at radius 1 is 1.48 bits per heavy atom. The quantitative estimate of drug-likeness (QED) is 0.732. The topological polar surface area (TPSA) is 51.5 Å². The third kappa shape index (κ3) is 1.52. The lowest BCUT2D eigenvalue weighted by molar-refractivity contribution is -0.164. The van der Waals surface area contributed by atoms with E-state index in [4.69, 9.17) is 4.74 Å². The number of hydrogen-bond acceptors (Lipinski definition) is 3. The number of nitrogens with zero attached hydrogens (tertiary/aromatic N) is 2. The van der Waals surface area contributed by atoms with Gasteiger partial charge in [-0.2, -0.15) is 0 Å². The van der Waals surface area contributed by atoms with Crippen molar-refractivity contribution in [1.82, 2.24) is 9.47 Å². The van der Waals surface area contributed by atoms with Crippen molar-refractivity contribution in [3.8, 4) is 0 Å².